The Morgan fingerprint density at radius 2 is 1.90 bits per heavy atom. The Bertz CT molecular complexity index is 901. The molecule has 2 atom stereocenters. The number of hydrogen-bond acceptors (Lipinski definition) is 8. The summed E-state index contributed by atoms with van der Waals surface area (Å²) in [7, 11) is 0. The van der Waals surface area contributed by atoms with Gasteiger partial charge in [-0.25, -0.2) is 9.59 Å². The predicted octanol–water partition coefficient (Wildman–Crippen LogP) is 0.974. The van der Waals surface area contributed by atoms with Crippen LogP contribution in [0, 0.1) is 6.92 Å². The van der Waals surface area contributed by atoms with Crippen LogP contribution in [0.1, 0.15) is 40.2 Å². The van der Waals surface area contributed by atoms with Gasteiger partial charge in [-0.3, -0.25) is 4.90 Å². The minimum atomic E-state index is -1.41. The van der Waals surface area contributed by atoms with E-state index >= 15 is 0 Å². The van der Waals surface area contributed by atoms with E-state index in [1.807, 2.05) is 0 Å². The highest BCUT2D eigenvalue weighted by Gasteiger charge is 2.66. The van der Waals surface area contributed by atoms with Crippen molar-refractivity contribution < 1.29 is 29.5 Å². The van der Waals surface area contributed by atoms with Crippen LogP contribution in [0.5, 0.6) is 0 Å². The van der Waals surface area contributed by atoms with Gasteiger partial charge in [0.15, 0.2) is 0 Å². The molecule has 11 nitrogen and oxygen atoms in total. The Hall–Kier alpha value is -2.89. The number of fused-ring (bicyclic) bond motifs is 1. The van der Waals surface area contributed by atoms with Gasteiger partial charge in [-0.15, -0.1) is 0 Å². The minimum absolute atomic E-state index is 0.387. The maximum absolute atomic E-state index is 12.7. The normalized spacial score (nSPS) is 23.6. The van der Waals surface area contributed by atoms with Crippen LogP contribution in [-0.4, -0.2) is 56.8 Å². The highest BCUT2D eigenvalue weighted by atomic mass is 16.8. The van der Waals surface area contributed by atoms with Crippen molar-refractivity contribution in [1.29, 1.82) is 0 Å². The lowest BCUT2D eigenvalue weighted by molar-refractivity contribution is -0.307. The fraction of sp³-hybridized carbons (Fsp3) is 0.526. The first-order chi connectivity index (χ1) is 13.8. The summed E-state index contributed by atoms with van der Waals surface area (Å²) >= 11 is 0. The van der Waals surface area contributed by atoms with Crippen molar-refractivity contribution in [1.82, 2.24) is 15.4 Å². The molecule has 2 aliphatic heterocycles. The molecule has 0 aliphatic carbocycles. The maximum Gasteiger partial charge on any atom is 0.435 e. The predicted molar refractivity (Wildman–Crippen MR) is 104 cm³/mol. The third-order valence-corrected chi connectivity index (χ3v) is 5.52. The molecule has 1 aromatic rings. The number of carbonyl (C=O) groups excluding carboxylic acids is 3. The highest BCUT2D eigenvalue weighted by Crippen LogP contribution is 2.47. The molecular weight excluding hydrogens is 394 g/mol. The van der Waals surface area contributed by atoms with Crippen LogP contribution in [0.25, 0.3) is 0 Å². The van der Waals surface area contributed by atoms with Crippen molar-refractivity contribution in [2.45, 2.75) is 65.0 Å². The van der Waals surface area contributed by atoms with Crippen molar-refractivity contribution in [2.24, 2.45) is 0 Å². The van der Waals surface area contributed by atoms with Crippen molar-refractivity contribution >= 4 is 29.5 Å². The average molecular weight is 420 g/mol. The molecule has 30 heavy (non-hydrogen) atoms. The number of amides is 3. The van der Waals surface area contributed by atoms with Crippen molar-refractivity contribution in [3.05, 3.63) is 23.8 Å². The Morgan fingerprint density at radius 3 is 2.50 bits per heavy atom. The topological polar surface area (TPSA) is 138 Å². The van der Waals surface area contributed by atoms with Gasteiger partial charge in [0.05, 0.1) is 23.2 Å². The fourth-order valence-corrected chi connectivity index (χ4v) is 3.86. The number of rotatable bonds is 4. The van der Waals surface area contributed by atoms with E-state index < -0.39 is 41.5 Å². The molecule has 3 rings (SSSR count). The van der Waals surface area contributed by atoms with Crippen LogP contribution < -0.4 is 20.6 Å². The number of carbonyl (C=O) groups is 3. The van der Waals surface area contributed by atoms with Crippen LogP contribution in [0.15, 0.2) is 18.2 Å². The highest BCUT2D eigenvalue weighted by molar-refractivity contribution is 5.95. The standard InChI is InChI=1S/C19H27N5O6/c1-10-7-8-12(9-13(10)21-16(27)20-11(2)14(25)26)22-15-18(3,4)24(29)19(5,6)23(15)30-17(22)28/h7-9,11,15,29H,1-6H3,(H,25,26)(H2,20,21,27)/p-1. The molecule has 2 heterocycles. The van der Waals surface area contributed by atoms with Gasteiger partial charge in [0.1, 0.15) is 11.8 Å². The Kier molecular flexibility index (Phi) is 5.17. The molecule has 0 spiro atoms. The monoisotopic (exact) mass is 420 g/mol. The van der Waals surface area contributed by atoms with E-state index in [1.165, 1.54) is 16.9 Å². The molecule has 2 aliphatic rings. The number of aliphatic carboxylic acids is 1. The summed E-state index contributed by atoms with van der Waals surface area (Å²) in [4.78, 5) is 42.5. The first-order valence-electron chi connectivity index (χ1n) is 9.47. The van der Waals surface area contributed by atoms with Gasteiger partial charge in [-0.1, -0.05) is 11.1 Å². The third-order valence-electron chi connectivity index (χ3n) is 5.52. The van der Waals surface area contributed by atoms with Crippen LogP contribution in [0.2, 0.25) is 0 Å². The number of benzene rings is 1. The number of aryl methyl sites for hydroxylation is 1. The van der Waals surface area contributed by atoms with E-state index in [1.54, 1.807) is 52.8 Å². The number of hydrogen-bond donors (Lipinski definition) is 3. The molecule has 3 amide bonds. The molecule has 0 radical (unpaired) electrons. The summed E-state index contributed by atoms with van der Waals surface area (Å²) in [5, 5.41) is 28.9. The van der Waals surface area contributed by atoms with Crippen LogP contribution in [-0.2, 0) is 9.63 Å². The zero-order chi connectivity index (χ0) is 22.6. The van der Waals surface area contributed by atoms with Crippen molar-refractivity contribution in [3.8, 4) is 0 Å². The first kappa shape index (κ1) is 21.8. The zero-order valence-electron chi connectivity index (χ0n) is 17.7. The van der Waals surface area contributed by atoms with Gasteiger partial charge in [-0.2, -0.15) is 5.06 Å². The molecule has 3 N–H and O–H groups in total. The molecule has 0 bridgehead atoms. The molecule has 0 saturated carbocycles. The second kappa shape index (κ2) is 7.11. The fourth-order valence-electron chi connectivity index (χ4n) is 3.86. The number of nitrogens with zero attached hydrogens (tertiary/aromatic N) is 3. The quantitative estimate of drug-likeness (QED) is 0.655. The van der Waals surface area contributed by atoms with E-state index in [0.29, 0.717) is 16.9 Å². The van der Waals surface area contributed by atoms with Crippen LogP contribution >= 0.6 is 0 Å². The third kappa shape index (κ3) is 3.34. The Balaban J connectivity index is 1.91. The summed E-state index contributed by atoms with van der Waals surface area (Å²) in [6, 6.07) is 3.12. The summed E-state index contributed by atoms with van der Waals surface area (Å²) < 4.78 is 0. The van der Waals surface area contributed by atoms with Gasteiger partial charge in [0, 0.05) is 5.69 Å². The smallest absolute Gasteiger partial charge is 0.435 e. The SMILES string of the molecule is Cc1ccc(N2C(=O)ON3C2C(C)(C)N(O)C3(C)C)cc1NC(=O)NC(C)C(=O)[O-]. The van der Waals surface area contributed by atoms with Gasteiger partial charge in [0.2, 0.25) is 0 Å². The van der Waals surface area contributed by atoms with Gasteiger partial charge < -0.3 is 30.6 Å². The lowest BCUT2D eigenvalue weighted by Crippen LogP contribution is -2.54. The number of nitrogens with one attached hydrogen (secondary N) is 2. The number of urea groups is 1. The summed E-state index contributed by atoms with van der Waals surface area (Å²) in [6.07, 6.45) is -1.24. The van der Waals surface area contributed by atoms with Crippen molar-refractivity contribution in [2.75, 3.05) is 10.2 Å². The molecule has 11 heteroatoms. The minimum Gasteiger partial charge on any atom is -0.548 e. The molecule has 0 aromatic heterocycles. The number of hydroxylamine groups is 4. The Labute approximate surface area is 174 Å². The van der Waals surface area contributed by atoms with Crippen molar-refractivity contribution in [3.63, 3.8) is 0 Å². The maximum atomic E-state index is 12.7. The second-order valence-electron chi connectivity index (χ2n) is 8.52. The lowest BCUT2D eigenvalue weighted by atomic mass is 10.0. The summed E-state index contributed by atoms with van der Waals surface area (Å²) in [5.41, 5.74) is -0.284. The van der Waals surface area contributed by atoms with E-state index in [-0.39, 0.29) is 0 Å². The van der Waals surface area contributed by atoms with E-state index in [4.69, 9.17) is 4.84 Å². The van der Waals surface area contributed by atoms with E-state index in [2.05, 4.69) is 10.6 Å². The lowest BCUT2D eigenvalue weighted by Gasteiger charge is -2.36. The molecular formula is C19H26N5O6-. The summed E-state index contributed by atoms with van der Waals surface area (Å²) in [5.74, 6) is -1.41. The van der Waals surface area contributed by atoms with Gasteiger partial charge in [0.25, 0.3) is 0 Å². The molecule has 164 valence electrons. The summed E-state index contributed by atoms with van der Waals surface area (Å²) in [6.45, 7) is 10.1. The largest absolute Gasteiger partial charge is 0.548 e. The molecule has 1 aromatic carbocycles. The van der Waals surface area contributed by atoms with Crippen LogP contribution in [0.4, 0.5) is 21.0 Å². The first-order valence-corrected chi connectivity index (χ1v) is 9.47. The number of carboxylic acid groups (broad SMARTS) is 1. The average Bonchev–Trinajstić information content (AvgIpc) is 3.06. The number of anilines is 2. The Morgan fingerprint density at radius 1 is 1.27 bits per heavy atom. The van der Waals surface area contributed by atoms with E-state index in [0.717, 1.165) is 5.06 Å². The zero-order valence-corrected chi connectivity index (χ0v) is 17.7. The molecule has 2 saturated heterocycles. The van der Waals surface area contributed by atoms with Gasteiger partial charge in [-0.05, 0) is 59.2 Å². The van der Waals surface area contributed by atoms with Crippen LogP contribution in [0.3, 0.4) is 0 Å². The molecule has 2 fully saturated rings. The van der Waals surface area contributed by atoms with Gasteiger partial charge >= 0.3 is 12.1 Å². The number of carboxylic acids is 1. The second-order valence-corrected chi connectivity index (χ2v) is 8.52. The van der Waals surface area contributed by atoms with E-state index in [9.17, 15) is 24.7 Å². The molecule has 2 unspecified atom stereocenters.